The van der Waals surface area contributed by atoms with E-state index in [1.165, 1.54) is 6.20 Å². The molecule has 0 saturated carbocycles. The first-order valence-electron chi connectivity index (χ1n) is 8.59. The van der Waals surface area contributed by atoms with E-state index in [0.717, 1.165) is 19.4 Å². The number of nitrogens with one attached hydrogen (secondary N) is 3. The molecule has 152 valence electrons. The van der Waals surface area contributed by atoms with Crippen molar-refractivity contribution in [2.75, 3.05) is 17.2 Å². The van der Waals surface area contributed by atoms with Crippen molar-refractivity contribution in [1.29, 1.82) is 0 Å². The van der Waals surface area contributed by atoms with Gasteiger partial charge in [0.05, 0.1) is 16.3 Å². The summed E-state index contributed by atoms with van der Waals surface area (Å²) >= 11 is 5.80. The van der Waals surface area contributed by atoms with Crippen LogP contribution in [-0.2, 0) is 4.79 Å². The summed E-state index contributed by atoms with van der Waals surface area (Å²) < 4.78 is 0. The SMILES string of the molecule is C[C@H]1C[C@@H](C(=O)Nc2ccccc2C(=O)Nc2ccc(Cl)cn2)CCN1.Cl.Cl. The molecule has 1 fully saturated rings. The van der Waals surface area contributed by atoms with Crippen LogP contribution in [0.4, 0.5) is 11.5 Å². The fourth-order valence-electron chi connectivity index (χ4n) is 3.03. The predicted octanol–water partition coefficient (Wildman–Crippen LogP) is 4.16. The molecule has 1 aromatic heterocycles. The van der Waals surface area contributed by atoms with Crippen LogP contribution >= 0.6 is 36.4 Å². The lowest BCUT2D eigenvalue weighted by atomic mass is 9.92. The van der Waals surface area contributed by atoms with Crippen molar-refractivity contribution in [2.45, 2.75) is 25.8 Å². The quantitative estimate of drug-likeness (QED) is 0.660. The molecule has 0 spiro atoms. The molecule has 1 aliphatic heterocycles. The molecular weight excluding hydrogens is 423 g/mol. The molecule has 1 aromatic carbocycles. The number of halogens is 3. The fourth-order valence-corrected chi connectivity index (χ4v) is 3.14. The number of carbonyl (C=O) groups is 2. The second kappa shape index (κ2) is 11.2. The highest BCUT2D eigenvalue weighted by molar-refractivity contribution is 6.30. The number of carbonyl (C=O) groups excluding carboxylic acids is 2. The Hall–Kier alpha value is -1.86. The summed E-state index contributed by atoms with van der Waals surface area (Å²) in [5.74, 6) is -0.0503. The molecule has 6 nitrogen and oxygen atoms in total. The monoisotopic (exact) mass is 444 g/mol. The highest BCUT2D eigenvalue weighted by Crippen LogP contribution is 2.22. The van der Waals surface area contributed by atoms with Crippen molar-refractivity contribution in [1.82, 2.24) is 10.3 Å². The van der Waals surface area contributed by atoms with Crippen molar-refractivity contribution in [3.63, 3.8) is 0 Å². The molecule has 1 aliphatic rings. The molecule has 28 heavy (non-hydrogen) atoms. The minimum atomic E-state index is -0.339. The number of benzene rings is 1. The molecule has 0 radical (unpaired) electrons. The van der Waals surface area contributed by atoms with Crippen LogP contribution in [0.25, 0.3) is 0 Å². The first kappa shape index (κ1) is 24.2. The maximum absolute atomic E-state index is 12.6. The van der Waals surface area contributed by atoms with Gasteiger partial charge in [-0.2, -0.15) is 0 Å². The normalized spacial score (nSPS) is 18.2. The van der Waals surface area contributed by atoms with E-state index in [0.29, 0.717) is 28.1 Å². The van der Waals surface area contributed by atoms with E-state index < -0.39 is 0 Å². The van der Waals surface area contributed by atoms with E-state index >= 15 is 0 Å². The molecular formula is C19H23Cl3N4O2. The van der Waals surface area contributed by atoms with Gasteiger partial charge in [0, 0.05) is 18.2 Å². The lowest BCUT2D eigenvalue weighted by Crippen LogP contribution is -2.40. The predicted molar refractivity (Wildman–Crippen MR) is 117 cm³/mol. The van der Waals surface area contributed by atoms with Crippen molar-refractivity contribution in [2.24, 2.45) is 5.92 Å². The molecule has 2 heterocycles. The average Bonchev–Trinajstić information content (AvgIpc) is 2.64. The van der Waals surface area contributed by atoms with Gasteiger partial charge in [-0.15, -0.1) is 24.8 Å². The number of hydrogen-bond donors (Lipinski definition) is 3. The first-order valence-corrected chi connectivity index (χ1v) is 8.97. The van der Waals surface area contributed by atoms with Gasteiger partial charge in [0.1, 0.15) is 5.82 Å². The number of nitrogens with zero attached hydrogens (tertiary/aromatic N) is 1. The smallest absolute Gasteiger partial charge is 0.258 e. The maximum Gasteiger partial charge on any atom is 0.258 e. The van der Waals surface area contributed by atoms with Crippen LogP contribution in [0.5, 0.6) is 0 Å². The zero-order valence-electron chi connectivity index (χ0n) is 15.3. The van der Waals surface area contributed by atoms with E-state index in [2.05, 4.69) is 27.9 Å². The van der Waals surface area contributed by atoms with Gasteiger partial charge < -0.3 is 16.0 Å². The Morgan fingerprint density at radius 3 is 2.57 bits per heavy atom. The van der Waals surface area contributed by atoms with Gasteiger partial charge >= 0.3 is 0 Å². The van der Waals surface area contributed by atoms with Crippen LogP contribution < -0.4 is 16.0 Å². The Balaban J connectivity index is 0.00000196. The Morgan fingerprint density at radius 1 is 1.14 bits per heavy atom. The van der Waals surface area contributed by atoms with Crippen molar-refractivity contribution in [3.05, 3.63) is 53.2 Å². The van der Waals surface area contributed by atoms with Gasteiger partial charge in [0.15, 0.2) is 0 Å². The number of piperidine rings is 1. The van der Waals surface area contributed by atoms with E-state index in [1.54, 1.807) is 36.4 Å². The van der Waals surface area contributed by atoms with Crippen molar-refractivity contribution >= 4 is 59.7 Å². The minimum absolute atomic E-state index is 0. The topological polar surface area (TPSA) is 83.1 Å². The summed E-state index contributed by atoms with van der Waals surface area (Å²) in [6, 6.07) is 10.5. The largest absolute Gasteiger partial charge is 0.325 e. The van der Waals surface area contributed by atoms with Crippen LogP contribution in [-0.4, -0.2) is 29.4 Å². The fraction of sp³-hybridized carbons (Fsp3) is 0.316. The lowest BCUT2D eigenvalue weighted by molar-refractivity contribution is -0.120. The Labute approximate surface area is 181 Å². The van der Waals surface area contributed by atoms with Crippen molar-refractivity contribution < 1.29 is 9.59 Å². The van der Waals surface area contributed by atoms with Crippen LogP contribution in [0.2, 0.25) is 5.02 Å². The highest BCUT2D eigenvalue weighted by Gasteiger charge is 2.25. The van der Waals surface area contributed by atoms with Crippen LogP contribution in [0.15, 0.2) is 42.6 Å². The third-order valence-electron chi connectivity index (χ3n) is 4.39. The van der Waals surface area contributed by atoms with Gasteiger partial charge in [-0.05, 0) is 50.6 Å². The summed E-state index contributed by atoms with van der Waals surface area (Å²) in [7, 11) is 0. The van der Waals surface area contributed by atoms with E-state index in [4.69, 9.17) is 11.6 Å². The van der Waals surface area contributed by atoms with Crippen molar-refractivity contribution in [3.8, 4) is 0 Å². The summed E-state index contributed by atoms with van der Waals surface area (Å²) in [4.78, 5) is 29.2. The molecule has 9 heteroatoms. The van der Waals surface area contributed by atoms with Gasteiger partial charge in [0.25, 0.3) is 5.91 Å². The van der Waals surface area contributed by atoms with E-state index in [-0.39, 0.29) is 42.5 Å². The molecule has 2 atom stereocenters. The third kappa shape index (κ3) is 6.34. The Kier molecular flexibility index (Phi) is 9.69. The number of rotatable bonds is 4. The second-order valence-electron chi connectivity index (χ2n) is 6.43. The van der Waals surface area contributed by atoms with Crippen LogP contribution in [0.3, 0.4) is 0 Å². The lowest BCUT2D eigenvalue weighted by Gasteiger charge is -2.27. The number of aromatic nitrogens is 1. The van der Waals surface area contributed by atoms with Gasteiger partial charge in [-0.3, -0.25) is 9.59 Å². The average molecular weight is 446 g/mol. The van der Waals surface area contributed by atoms with Gasteiger partial charge in [-0.25, -0.2) is 4.98 Å². The summed E-state index contributed by atoms with van der Waals surface area (Å²) in [5, 5.41) is 9.45. The van der Waals surface area contributed by atoms with Crippen LogP contribution in [0, 0.1) is 5.92 Å². The van der Waals surface area contributed by atoms with E-state index in [9.17, 15) is 9.59 Å². The second-order valence-corrected chi connectivity index (χ2v) is 6.86. The molecule has 2 amide bonds. The number of para-hydroxylation sites is 1. The Bertz CT molecular complexity index is 802. The number of pyridine rings is 1. The molecule has 0 bridgehead atoms. The zero-order chi connectivity index (χ0) is 18.5. The molecule has 2 aromatic rings. The number of anilines is 2. The van der Waals surface area contributed by atoms with Crippen LogP contribution in [0.1, 0.15) is 30.1 Å². The zero-order valence-corrected chi connectivity index (χ0v) is 17.7. The maximum atomic E-state index is 12.6. The molecule has 3 rings (SSSR count). The van der Waals surface area contributed by atoms with E-state index in [1.807, 2.05) is 0 Å². The molecule has 0 aliphatic carbocycles. The highest BCUT2D eigenvalue weighted by atomic mass is 35.5. The summed E-state index contributed by atoms with van der Waals surface area (Å²) in [6.45, 7) is 2.89. The number of hydrogen-bond acceptors (Lipinski definition) is 4. The standard InChI is InChI=1S/C19H21ClN4O2.2ClH/c1-12-10-13(8-9-21-12)18(25)23-16-5-3-2-4-15(16)19(26)24-17-7-6-14(20)11-22-17;;/h2-7,11-13,21H,8-10H2,1H3,(H,23,25)(H,22,24,26);2*1H/t12-,13-;;/m0../s1. The van der Waals surface area contributed by atoms with Gasteiger partial charge in [-0.1, -0.05) is 23.7 Å². The molecule has 0 unspecified atom stereocenters. The third-order valence-corrected chi connectivity index (χ3v) is 4.62. The molecule has 3 N–H and O–H groups in total. The number of amides is 2. The first-order chi connectivity index (χ1) is 12.5. The minimum Gasteiger partial charge on any atom is -0.325 e. The molecule has 1 saturated heterocycles. The Morgan fingerprint density at radius 2 is 1.89 bits per heavy atom. The van der Waals surface area contributed by atoms with Gasteiger partial charge in [0.2, 0.25) is 5.91 Å². The summed E-state index contributed by atoms with van der Waals surface area (Å²) in [5.41, 5.74) is 0.884. The summed E-state index contributed by atoms with van der Waals surface area (Å²) in [6.07, 6.45) is 3.04.